The average molecular weight is 237 g/mol. The first-order valence-electron chi connectivity index (χ1n) is 7.49. The third-order valence-corrected chi connectivity index (χ3v) is 5.30. The van der Waals surface area contributed by atoms with Crippen LogP contribution < -0.4 is 5.32 Å². The van der Waals surface area contributed by atoms with E-state index in [0.29, 0.717) is 11.5 Å². The van der Waals surface area contributed by atoms with E-state index in [0.717, 1.165) is 19.1 Å². The van der Waals surface area contributed by atoms with Gasteiger partial charge >= 0.3 is 0 Å². The molecule has 0 amide bonds. The molecule has 2 heteroatoms. The molecule has 2 saturated carbocycles. The molecule has 2 nitrogen and oxygen atoms in total. The van der Waals surface area contributed by atoms with Gasteiger partial charge in [0.25, 0.3) is 0 Å². The van der Waals surface area contributed by atoms with Gasteiger partial charge in [-0.3, -0.25) is 0 Å². The highest BCUT2D eigenvalue weighted by molar-refractivity contribution is 5.06. The van der Waals surface area contributed by atoms with E-state index in [9.17, 15) is 0 Å². The molecule has 0 radical (unpaired) electrons. The van der Waals surface area contributed by atoms with Gasteiger partial charge in [-0.15, -0.1) is 0 Å². The maximum atomic E-state index is 6.32. The summed E-state index contributed by atoms with van der Waals surface area (Å²) >= 11 is 0. The molecule has 1 saturated heterocycles. The molecule has 2 unspecified atom stereocenters. The molecular weight excluding hydrogens is 210 g/mol. The van der Waals surface area contributed by atoms with Crippen LogP contribution in [0.5, 0.6) is 0 Å². The van der Waals surface area contributed by atoms with Crippen LogP contribution in [0.25, 0.3) is 0 Å². The quantitative estimate of drug-likeness (QED) is 0.756. The third kappa shape index (κ3) is 2.15. The Kier molecular flexibility index (Phi) is 2.99. The van der Waals surface area contributed by atoms with Crippen molar-refractivity contribution in [3.05, 3.63) is 0 Å². The zero-order chi connectivity index (χ0) is 11.9. The van der Waals surface area contributed by atoms with Crippen LogP contribution in [-0.4, -0.2) is 24.8 Å². The molecule has 0 bridgehead atoms. The molecule has 3 rings (SSSR count). The van der Waals surface area contributed by atoms with Crippen molar-refractivity contribution in [2.45, 2.75) is 70.4 Å². The van der Waals surface area contributed by atoms with E-state index < -0.39 is 0 Å². The Morgan fingerprint density at radius 2 is 1.88 bits per heavy atom. The van der Waals surface area contributed by atoms with E-state index in [-0.39, 0.29) is 5.60 Å². The molecule has 1 heterocycles. The van der Waals surface area contributed by atoms with Gasteiger partial charge in [0.15, 0.2) is 0 Å². The SMILES string of the molecule is CC1(C)CCC2(C1)OCCNC2C1CCCC1. The number of hydrogen-bond acceptors (Lipinski definition) is 2. The highest BCUT2D eigenvalue weighted by Gasteiger charge is 2.52. The molecule has 0 aromatic carbocycles. The second-order valence-electron chi connectivity index (χ2n) is 7.23. The van der Waals surface area contributed by atoms with Crippen LogP contribution in [0.2, 0.25) is 0 Å². The van der Waals surface area contributed by atoms with Crippen LogP contribution in [0.3, 0.4) is 0 Å². The smallest absolute Gasteiger partial charge is 0.0843 e. The largest absolute Gasteiger partial charge is 0.372 e. The molecule has 1 spiro atoms. The normalized spacial score (nSPS) is 42.4. The van der Waals surface area contributed by atoms with Gasteiger partial charge in [-0.1, -0.05) is 26.7 Å². The third-order valence-electron chi connectivity index (χ3n) is 5.30. The number of ether oxygens (including phenoxy) is 1. The molecule has 3 fully saturated rings. The van der Waals surface area contributed by atoms with Gasteiger partial charge < -0.3 is 10.1 Å². The van der Waals surface area contributed by atoms with Crippen molar-refractivity contribution in [3.8, 4) is 0 Å². The van der Waals surface area contributed by atoms with E-state index >= 15 is 0 Å². The van der Waals surface area contributed by atoms with Crippen molar-refractivity contribution < 1.29 is 4.74 Å². The maximum Gasteiger partial charge on any atom is 0.0843 e. The Morgan fingerprint density at radius 3 is 2.53 bits per heavy atom. The van der Waals surface area contributed by atoms with Crippen LogP contribution in [0.1, 0.15) is 58.8 Å². The van der Waals surface area contributed by atoms with Crippen molar-refractivity contribution in [1.82, 2.24) is 5.32 Å². The van der Waals surface area contributed by atoms with Gasteiger partial charge in [-0.2, -0.15) is 0 Å². The van der Waals surface area contributed by atoms with Crippen LogP contribution in [0.15, 0.2) is 0 Å². The summed E-state index contributed by atoms with van der Waals surface area (Å²) in [6.07, 6.45) is 9.57. The van der Waals surface area contributed by atoms with E-state index in [2.05, 4.69) is 19.2 Å². The molecule has 3 aliphatic rings. The highest BCUT2D eigenvalue weighted by atomic mass is 16.5. The predicted octanol–water partition coefficient (Wildman–Crippen LogP) is 3.11. The van der Waals surface area contributed by atoms with Crippen molar-refractivity contribution in [2.75, 3.05) is 13.2 Å². The van der Waals surface area contributed by atoms with E-state index in [1.165, 1.54) is 44.9 Å². The predicted molar refractivity (Wildman–Crippen MR) is 70.1 cm³/mol. The highest BCUT2D eigenvalue weighted by Crippen LogP contribution is 2.50. The lowest BCUT2D eigenvalue weighted by Gasteiger charge is -2.46. The Bertz CT molecular complexity index is 283. The van der Waals surface area contributed by atoms with Crippen molar-refractivity contribution in [3.63, 3.8) is 0 Å². The zero-order valence-electron chi connectivity index (χ0n) is 11.4. The summed E-state index contributed by atoms with van der Waals surface area (Å²) in [5, 5.41) is 3.81. The lowest BCUT2D eigenvalue weighted by atomic mass is 9.78. The fourth-order valence-electron chi connectivity index (χ4n) is 4.56. The summed E-state index contributed by atoms with van der Waals surface area (Å²) in [4.78, 5) is 0. The first kappa shape index (κ1) is 12.0. The van der Waals surface area contributed by atoms with Crippen LogP contribution in [0.4, 0.5) is 0 Å². The molecule has 2 atom stereocenters. The van der Waals surface area contributed by atoms with Crippen LogP contribution in [-0.2, 0) is 4.74 Å². The van der Waals surface area contributed by atoms with E-state index in [1.807, 2.05) is 0 Å². The second kappa shape index (κ2) is 4.24. The lowest BCUT2D eigenvalue weighted by Crippen LogP contribution is -2.59. The minimum Gasteiger partial charge on any atom is -0.372 e. The maximum absolute atomic E-state index is 6.32. The number of nitrogens with one attached hydrogen (secondary N) is 1. The Hall–Kier alpha value is -0.0800. The van der Waals surface area contributed by atoms with E-state index in [1.54, 1.807) is 0 Å². The molecule has 1 N–H and O–H groups in total. The van der Waals surface area contributed by atoms with Gasteiger partial charge in [0.05, 0.1) is 12.2 Å². The summed E-state index contributed by atoms with van der Waals surface area (Å²) in [6.45, 7) is 6.79. The van der Waals surface area contributed by atoms with E-state index in [4.69, 9.17) is 4.74 Å². The second-order valence-corrected chi connectivity index (χ2v) is 7.23. The summed E-state index contributed by atoms with van der Waals surface area (Å²) in [6, 6.07) is 0.639. The van der Waals surface area contributed by atoms with Gasteiger partial charge in [-0.05, 0) is 43.4 Å². The summed E-state index contributed by atoms with van der Waals surface area (Å²) in [5.74, 6) is 0.879. The standard InChI is InChI=1S/C15H27NO/c1-14(2)7-8-15(11-14)13(16-9-10-17-15)12-5-3-4-6-12/h12-13,16H,3-11H2,1-2H3. The molecular formula is C15H27NO. The molecule has 98 valence electrons. The summed E-state index contributed by atoms with van der Waals surface area (Å²) in [7, 11) is 0. The lowest BCUT2D eigenvalue weighted by molar-refractivity contribution is -0.110. The Balaban J connectivity index is 1.80. The van der Waals surface area contributed by atoms with Gasteiger partial charge in [0.1, 0.15) is 0 Å². The minimum atomic E-state index is 0.177. The molecule has 2 aliphatic carbocycles. The van der Waals surface area contributed by atoms with Gasteiger partial charge in [-0.25, -0.2) is 0 Å². The monoisotopic (exact) mass is 237 g/mol. The molecule has 0 aromatic heterocycles. The topological polar surface area (TPSA) is 21.3 Å². The average Bonchev–Trinajstić information content (AvgIpc) is 2.88. The first-order chi connectivity index (χ1) is 8.11. The first-order valence-corrected chi connectivity index (χ1v) is 7.49. The van der Waals surface area contributed by atoms with Gasteiger partial charge in [0, 0.05) is 12.6 Å². The van der Waals surface area contributed by atoms with Crippen LogP contribution in [0, 0.1) is 11.3 Å². The molecule has 1 aliphatic heterocycles. The molecule has 0 aromatic rings. The van der Waals surface area contributed by atoms with Crippen molar-refractivity contribution in [2.24, 2.45) is 11.3 Å². The van der Waals surface area contributed by atoms with Crippen molar-refractivity contribution >= 4 is 0 Å². The zero-order valence-corrected chi connectivity index (χ0v) is 11.4. The summed E-state index contributed by atoms with van der Waals surface area (Å²) < 4.78 is 6.32. The van der Waals surface area contributed by atoms with Crippen molar-refractivity contribution in [1.29, 1.82) is 0 Å². The Morgan fingerprint density at radius 1 is 1.12 bits per heavy atom. The number of hydrogen-bond donors (Lipinski definition) is 1. The number of rotatable bonds is 1. The fourth-order valence-corrected chi connectivity index (χ4v) is 4.56. The Labute approximate surface area is 105 Å². The van der Waals surface area contributed by atoms with Gasteiger partial charge in [0.2, 0.25) is 0 Å². The number of morpholine rings is 1. The minimum absolute atomic E-state index is 0.177. The summed E-state index contributed by atoms with van der Waals surface area (Å²) in [5.41, 5.74) is 0.659. The molecule has 17 heavy (non-hydrogen) atoms. The fraction of sp³-hybridized carbons (Fsp3) is 1.00. The van der Waals surface area contributed by atoms with Crippen LogP contribution >= 0.6 is 0 Å².